The molecule has 3 nitrogen and oxygen atoms in total. The average Bonchev–Trinajstić information content (AvgIpc) is 3.15. The highest BCUT2D eigenvalue weighted by atomic mass is 35.5. The van der Waals surface area contributed by atoms with Crippen molar-refractivity contribution in [3.8, 4) is 0 Å². The zero-order valence-corrected chi connectivity index (χ0v) is 14.8. The van der Waals surface area contributed by atoms with E-state index >= 15 is 0 Å². The molecule has 0 bridgehead atoms. The van der Waals surface area contributed by atoms with Gasteiger partial charge in [-0.25, -0.2) is 4.98 Å². The van der Waals surface area contributed by atoms with E-state index in [0.717, 1.165) is 53.5 Å². The van der Waals surface area contributed by atoms with Gasteiger partial charge in [0.2, 0.25) is 0 Å². The fraction of sp³-hybridized carbons (Fsp3) is 0.238. The van der Waals surface area contributed by atoms with Crippen molar-refractivity contribution in [2.45, 2.75) is 12.8 Å². The first-order valence-electron chi connectivity index (χ1n) is 8.54. The van der Waals surface area contributed by atoms with Crippen LogP contribution in [0.3, 0.4) is 0 Å². The standard InChI is InChI=1S/C21H21ClN2O/c22-18-10-8-17(9-11-18)20(12-15-24-13-1-2-14-24)21-7-3-5-19(23-21)6-4-16-25/h3-12,16H,1-2,13-15H2/b6-4+,20-12+. The van der Waals surface area contributed by atoms with E-state index in [2.05, 4.69) is 16.0 Å². The molecule has 0 N–H and O–H groups in total. The molecule has 0 saturated carbocycles. The van der Waals surface area contributed by atoms with E-state index in [1.165, 1.54) is 18.9 Å². The van der Waals surface area contributed by atoms with E-state index in [1.54, 1.807) is 6.08 Å². The lowest BCUT2D eigenvalue weighted by atomic mass is 10.0. The molecule has 1 fully saturated rings. The second-order valence-corrected chi connectivity index (χ2v) is 6.51. The van der Waals surface area contributed by atoms with Crippen LogP contribution >= 0.6 is 11.6 Å². The smallest absolute Gasteiger partial charge is 0.142 e. The molecular formula is C21H21ClN2O. The molecule has 0 aliphatic carbocycles. The number of nitrogens with zero attached hydrogens (tertiary/aromatic N) is 2. The number of aldehydes is 1. The summed E-state index contributed by atoms with van der Waals surface area (Å²) in [6.45, 7) is 3.22. The van der Waals surface area contributed by atoms with Crippen LogP contribution in [-0.4, -0.2) is 35.8 Å². The van der Waals surface area contributed by atoms with Crippen molar-refractivity contribution in [3.05, 3.63) is 76.6 Å². The van der Waals surface area contributed by atoms with Crippen LogP contribution < -0.4 is 0 Å². The Kier molecular flexibility index (Phi) is 6.15. The van der Waals surface area contributed by atoms with Gasteiger partial charge in [0.25, 0.3) is 0 Å². The number of rotatable bonds is 6. The number of likely N-dealkylation sites (tertiary alicyclic amines) is 1. The predicted molar refractivity (Wildman–Crippen MR) is 104 cm³/mol. The summed E-state index contributed by atoms with van der Waals surface area (Å²) in [4.78, 5) is 17.7. The van der Waals surface area contributed by atoms with Gasteiger partial charge >= 0.3 is 0 Å². The van der Waals surface area contributed by atoms with Gasteiger partial charge in [-0.05, 0) is 67.9 Å². The van der Waals surface area contributed by atoms with Crippen LogP contribution in [0.2, 0.25) is 5.02 Å². The van der Waals surface area contributed by atoms with Crippen molar-refractivity contribution >= 4 is 29.5 Å². The van der Waals surface area contributed by atoms with Gasteiger partial charge in [0.1, 0.15) is 6.29 Å². The average molecular weight is 353 g/mol. The maximum atomic E-state index is 10.6. The van der Waals surface area contributed by atoms with Crippen molar-refractivity contribution in [2.24, 2.45) is 0 Å². The lowest BCUT2D eigenvalue weighted by Crippen LogP contribution is -2.19. The largest absolute Gasteiger partial charge is 0.300 e. The van der Waals surface area contributed by atoms with Gasteiger partial charge in [0.05, 0.1) is 11.4 Å². The molecule has 0 atom stereocenters. The topological polar surface area (TPSA) is 33.2 Å². The van der Waals surface area contributed by atoms with Crippen LogP contribution in [0.1, 0.15) is 29.8 Å². The Morgan fingerprint density at radius 2 is 1.88 bits per heavy atom. The fourth-order valence-corrected chi connectivity index (χ4v) is 3.14. The molecule has 1 aromatic carbocycles. The summed E-state index contributed by atoms with van der Waals surface area (Å²) in [5.74, 6) is 0. The number of halogens is 1. The van der Waals surface area contributed by atoms with Crippen molar-refractivity contribution in [2.75, 3.05) is 19.6 Å². The van der Waals surface area contributed by atoms with Crippen molar-refractivity contribution in [1.29, 1.82) is 0 Å². The molecule has 2 aromatic rings. The summed E-state index contributed by atoms with van der Waals surface area (Å²) in [5.41, 5.74) is 3.85. The normalized spacial score (nSPS) is 15.8. The molecule has 0 spiro atoms. The lowest BCUT2D eigenvalue weighted by molar-refractivity contribution is -0.104. The molecule has 128 valence electrons. The van der Waals surface area contributed by atoms with Gasteiger partial charge in [0.15, 0.2) is 0 Å². The predicted octanol–water partition coefficient (Wildman–Crippen LogP) is 4.47. The number of hydrogen-bond donors (Lipinski definition) is 0. The second kappa shape index (κ2) is 8.75. The van der Waals surface area contributed by atoms with Crippen LogP contribution in [0.25, 0.3) is 11.6 Å². The molecule has 0 radical (unpaired) electrons. The summed E-state index contributed by atoms with van der Waals surface area (Å²) < 4.78 is 0. The minimum Gasteiger partial charge on any atom is -0.300 e. The third kappa shape index (κ3) is 4.88. The Morgan fingerprint density at radius 3 is 2.60 bits per heavy atom. The van der Waals surface area contributed by atoms with Crippen LogP contribution in [0.4, 0.5) is 0 Å². The van der Waals surface area contributed by atoms with Crippen LogP contribution in [-0.2, 0) is 4.79 Å². The Morgan fingerprint density at radius 1 is 1.12 bits per heavy atom. The van der Waals surface area contributed by atoms with E-state index < -0.39 is 0 Å². The number of hydrogen-bond acceptors (Lipinski definition) is 3. The summed E-state index contributed by atoms with van der Waals surface area (Å²) in [6, 6.07) is 13.7. The van der Waals surface area contributed by atoms with E-state index in [0.29, 0.717) is 0 Å². The van der Waals surface area contributed by atoms with E-state index in [-0.39, 0.29) is 0 Å². The molecule has 25 heavy (non-hydrogen) atoms. The Bertz CT molecular complexity index is 775. The highest BCUT2D eigenvalue weighted by Crippen LogP contribution is 2.24. The van der Waals surface area contributed by atoms with Crippen LogP contribution in [0, 0.1) is 0 Å². The third-order valence-corrected chi connectivity index (χ3v) is 4.55. The first-order valence-corrected chi connectivity index (χ1v) is 8.92. The summed E-state index contributed by atoms with van der Waals surface area (Å²) in [5, 5.41) is 0.721. The quantitative estimate of drug-likeness (QED) is 0.568. The van der Waals surface area contributed by atoms with E-state index in [9.17, 15) is 4.79 Å². The van der Waals surface area contributed by atoms with Gasteiger partial charge < -0.3 is 0 Å². The van der Waals surface area contributed by atoms with Crippen molar-refractivity contribution in [3.63, 3.8) is 0 Å². The number of allylic oxidation sites excluding steroid dienone is 1. The summed E-state index contributed by atoms with van der Waals surface area (Å²) in [6.07, 6.45) is 8.73. The second-order valence-electron chi connectivity index (χ2n) is 6.08. The van der Waals surface area contributed by atoms with Crippen molar-refractivity contribution in [1.82, 2.24) is 9.88 Å². The minimum absolute atomic E-state index is 0.721. The molecule has 0 unspecified atom stereocenters. The van der Waals surface area contributed by atoms with Gasteiger partial charge in [-0.1, -0.05) is 35.9 Å². The molecule has 0 amide bonds. The van der Waals surface area contributed by atoms with Crippen molar-refractivity contribution < 1.29 is 4.79 Å². The number of aromatic nitrogens is 1. The summed E-state index contributed by atoms with van der Waals surface area (Å²) in [7, 11) is 0. The Labute approximate surface area is 153 Å². The number of benzene rings is 1. The van der Waals surface area contributed by atoms with Gasteiger partial charge in [-0.15, -0.1) is 0 Å². The van der Waals surface area contributed by atoms with Crippen LogP contribution in [0.15, 0.2) is 54.6 Å². The third-order valence-electron chi connectivity index (χ3n) is 4.30. The zero-order valence-electron chi connectivity index (χ0n) is 14.1. The maximum Gasteiger partial charge on any atom is 0.142 e. The van der Waals surface area contributed by atoms with E-state index in [4.69, 9.17) is 11.6 Å². The Hall–Kier alpha value is -2.23. The molecule has 1 saturated heterocycles. The maximum absolute atomic E-state index is 10.6. The fourth-order valence-electron chi connectivity index (χ4n) is 3.02. The highest BCUT2D eigenvalue weighted by molar-refractivity contribution is 6.30. The Balaban J connectivity index is 1.95. The molecule has 1 aromatic heterocycles. The SMILES string of the molecule is O=C/C=C/c1cccc(/C(=C/CN2CCCC2)c2ccc(Cl)cc2)n1. The first-order chi connectivity index (χ1) is 12.3. The zero-order chi connectivity index (χ0) is 17.5. The summed E-state index contributed by atoms with van der Waals surface area (Å²) >= 11 is 6.04. The minimum atomic E-state index is 0.721. The molecule has 1 aliphatic heterocycles. The first kappa shape index (κ1) is 17.6. The van der Waals surface area contributed by atoms with Crippen LogP contribution in [0.5, 0.6) is 0 Å². The molecule has 2 heterocycles. The lowest BCUT2D eigenvalue weighted by Gasteiger charge is -2.14. The number of carbonyl (C=O) groups is 1. The highest BCUT2D eigenvalue weighted by Gasteiger charge is 2.12. The van der Waals surface area contributed by atoms with Gasteiger partial charge in [-0.2, -0.15) is 0 Å². The molecule has 1 aliphatic rings. The number of carbonyl (C=O) groups excluding carboxylic acids is 1. The number of pyridine rings is 1. The van der Waals surface area contributed by atoms with E-state index in [1.807, 2.05) is 42.5 Å². The molecule has 3 rings (SSSR count). The molecule has 4 heteroatoms. The van der Waals surface area contributed by atoms with Gasteiger partial charge in [0, 0.05) is 17.1 Å². The monoisotopic (exact) mass is 352 g/mol. The molecular weight excluding hydrogens is 332 g/mol. The van der Waals surface area contributed by atoms with Gasteiger partial charge in [-0.3, -0.25) is 9.69 Å².